The third kappa shape index (κ3) is 8.79. The van der Waals surface area contributed by atoms with E-state index in [1.807, 2.05) is 12.1 Å². The highest BCUT2D eigenvalue weighted by molar-refractivity contribution is 6.62. The standard InChI is InChI=1S/C20H36B2O5/c1-3-5-7-9-11-17-16-20(22(26)27-14-13-23)18(12-10-8-6-4-2)15-19(17)21(24)25/h15-16,23-26H,3-14H2,1-2H3. The quantitative estimate of drug-likeness (QED) is 0.273. The molecule has 0 heterocycles. The maximum Gasteiger partial charge on any atom is 0.491 e. The molecule has 0 atom stereocenters. The Labute approximate surface area is 165 Å². The second-order valence-corrected chi connectivity index (χ2v) is 7.19. The first-order chi connectivity index (χ1) is 13.0. The first-order valence-electron chi connectivity index (χ1n) is 10.5. The molecule has 0 radical (unpaired) electrons. The summed E-state index contributed by atoms with van der Waals surface area (Å²) >= 11 is 0. The van der Waals surface area contributed by atoms with Crippen LogP contribution in [0.1, 0.15) is 76.3 Å². The molecule has 0 fully saturated rings. The first kappa shape index (κ1) is 24.2. The van der Waals surface area contributed by atoms with E-state index in [4.69, 9.17) is 9.76 Å². The van der Waals surface area contributed by atoms with Crippen molar-refractivity contribution in [3.05, 3.63) is 23.3 Å². The lowest BCUT2D eigenvalue weighted by Gasteiger charge is -2.18. The van der Waals surface area contributed by atoms with Crippen LogP contribution in [0.15, 0.2) is 12.1 Å². The van der Waals surface area contributed by atoms with Gasteiger partial charge in [0.25, 0.3) is 0 Å². The van der Waals surface area contributed by atoms with Gasteiger partial charge in [0.15, 0.2) is 0 Å². The Bertz CT molecular complexity index is 525. The summed E-state index contributed by atoms with van der Waals surface area (Å²) in [4.78, 5) is 0. The molecule has 0 aromatic heterocycles. The summed E-state index contributed by atoms with van der Waals surface area (Å²) in [6.07, 6.45) is 10.2. The average Bonchev–Trinajstić information content (AvgIpc) is 2.66. The van der Waals surface area contributed by atoms with Crippen LogP contribution in [-0.2, 0) is 17.5 Å². The number of aliphatic hydroxyl groups is 1. The van der Waals surface area contributed by atoms with Crippen LogP contribution in [0, 0.1) is 0 Å². The normalized spacial score (nSPS) is 11.0. The molecule has 1 aromatic rings. The molecule has 0 saturated carbocycles. The van der Waals surface area contributed by atoms with Crippen LogP contribution in [0.3, 0.4) is 0 Å². The number of hydrogen-bond donors (Lipinski definition) is 4. The Morgan fingerprint density at radius 1 is 0.778 bits per heavy atom. The average molecular weight is 378 g/mol. The van der Waals surface area contributed by atoms with Crippen LogP contribution in [0.2, 0.25) is 0 Å². The predicted molar refractivity (Wildman–Crippen MR) is 113 cm³/mol. The van der Waals surface area contributed by atoms with Crippen LogP contribution >= 0.6 is 0 Å². The van der Waals surface area contributed by atoms with Gasteiger partial charge in [-0.2, -0.15) is 0 Å². The predicted octanol–water partition coefficient (Wildman–Crippen LogP) is 1.31. The molecule has 7 heteroatoms. The Hall–Kier alpha value is -0.850. The summed E-state index contributed by atoms with van der Waals surface area (Å²) in [7, 11) is -2.64. The summed E-state index contributed by atoms with van der Waals surface area (Å²) in [6, 6.07) is 3.67. The van der Waals surface area contributed by atoms with Crippen molar-refractivity contribution in [1.29, 1.82) is 0 Å². The molecule has 0 aliphatic rings. The molecule has 5 nitrogen and oxygen atoms in total. The van der Waals surface area contributed by atoms with Crippen LogP contribution in [0.5, 0.6) is 0 Å². The molecular weight excluding hydrogens is 342 g/mol. The zero-order valence-corrected chi connectivity index (χ0v) is 17.0. The largest absolute Gasteiger partial charge is 0.491 e. The zero-order chi connectivity index (χ0) is 20.1. The van der Waals surface area contributed by atoms with E-state index in [9.17, 15) is 15.1 Å². The van der Waals surface area contributed by atoms with E-state index in [2.05, 4.69) is 13.8 Å². The van der Waals surface area contributed by atoms with Gasteiger partial charge in [0.05, 0.1) is 13.2 Å². The Balaban J connectivity index is 3.06. The molecule has 0 bridgehead atoms. The second kappa shape index (κ2) is 14.2. The molecule has 152 valence electrons. The fourth-order valence-electron chi connectivity index (χ4n) is 3.37. The van der Waals surface area contributed by atoms with Gasteiger partial charge in [0, 0.05) is 0 Å². The molecule has 0 saturated heterocycles. The summed E-state index contributed by atoms with van der Waals surface area (Å²) < 4.78 is 5.32. The van der Waals surface area contributed by atoms with E-state index >= 15 is 0 Å². The van der Waals surface area contributed by atoms with Gasteiger partial charge < -0.3 is 24.8 Å². The summed E-state index contributed by atoms with van der Waals surface area (Å²) in [6.45, 7) is 4.22. The highest BCUT2D eigenvalue weighted by atomic mass is 16.5. The molecule has 27 heavy (non-hydrogen) atoms. The van der Waals surface area contributed by atoms with Gasteiger partial charge in [-0.25, -0.2) is 0 Å². The van der Waals surface area contributed by atoms with Crippen molar-refractivity contribution in [3.8, 4) is 0 Å². The molecule has 0 amide bonds. The van der Waals surface area contributed by atoms with Crippen molar-refractivity contribution in [3.63, 3.8) is 0 Å². The van der Waals surface area contributed by atoms with E-state index < -0.39 is 14.2 Å². The second-order valence-electron chi connectivity index (χ2n) is 7.19. The zero-order valence-electron chi connectivity index (χ0n) is 17.0. The summed E-state index contributed by atoms with van der Waals surface area (Å²) in [5, 5.41) is 39.1. The van der Waals surface area contributed by atoms with Gasteiger partial charge in [-0.05, 0) is 47.7 Å². The van der Waals surface area contributed by atoms with E-state index in [-0.39, 0.29) is 13.2 Å². The number of rotatable bonds is 15. The van der Waals surface area contributed by atoms with E-state index in [0.717, 1.165) is 75.3 Å². The topological polar surface area (TPSA) is 90.2 Å². The SMILES string of the molecule is CCCCCCc1cc(B(O)OCCO)c(CCCCCC)cc1B(O)O. The Kier molecular flexibility index (Phi) is 12.7. The number of aryl methyl sites for hydroxylation is 2. The molecule has 0 aliphatic heterocycles. The van der Waals surface area contributed by atoms with Crippen LogP contribution in [-0.4, -0.2) is 47.6 Å². The Morgan fingerprint density at radius 2 is 1.30 bits per heavy atom. The number of unbranched alkanes of at least 4 members (excludes halogenated alkanes) is 6. The maximum atomic E-state index is 10.4. The molecule has 1 rings (SSSR count). The minimum Gasteiger partial charge on any atom is -0.423 e. The van der Waals surface area contributed by atoms with Gasteiger partial charge in [-0.15, -0.1) is 0 Å². The minimum atomic E-state index is -1.52. The molecule has 4 N–H and O–H groups in total. The fourth-order valence-corrected chi connectivity index (χ4v) is 3.37. The molecule has 0 spiro atoms. The third-order valence-corrected chi connectivity index (χ3v) is 4.91. The van der Waals surface area contributed by atoms with Gasteiger partial charge in [-0.1, -0.05) is 64.5 Å². The van der Waals surface area contributed by atoms with Crippen LogP contribution in [0.4, 0.5) is 0 Å². The van der Waals surface area contributed by atoms with Crippen LogP contribution < -0.4 is 10.9 Å². The highest BCUT2D eigenvalue weighted by Gasteiger charge is 2.25. The lowest BCUT2D eigenvalue weighted by molar-refractivity contribution is 0.183. The Morgan fingerprint density at radius 3 is 1.78 bits per heavy atom. The number of aliphatic hydroxyl groups excluding tert-OH is 1. The summed E-state index contributed by atoms with van der Waals surface area (Å²) in [5.41, 5.74) is 2.93. The van der Waals surface area contributed by atoms with Crippen molar-refractivity contribution in [2.75, 3.05) is 13.2 Å². The highest BCUT2D eigenvalue weighted by Crippen LogP contribution is 2.12. The van der Waals surface area contributed by atoms with Gasteiger partial charge in [-0.3, -0.25) is 0 Å². The number of hydrogen-bond acceptors (Lipinski definition) is 5. The number of benzene rings is 1. The van der Waals surface area contributed by atoms with Crippen molar-refractivity contribution in [1.82, 2.24) is 0 Å². The molecule has 0 aliphatic carbocycles. The lowest BCUT2D eigenvalue weighted by atomic mass is 9.68. The summed E-state index contributed by atoms with van der Waals surface area (Å²) in [5.74, 6) is 0. The first-order valence-corrected chi connectivity index (χ1v) is 10.5. The molecule has 0 unspecified atom stereocenters. The molecular formula is C20H36B2O5. The van der Waals surface area contributed by atoms with E-state index in [0.29, 0.717) is 10.9 Å². The fraction of sp³-hybridized carbons (Fsp3) is 0.700. The third-order valence-electron chi connectivity index (χ3n) is 4.91. The van der Waals surface area contributed by atoms with Gasteiger partial charge in [0.1, 0.15) is 0 Å². The lowest BCUT2D eigenvalue weighted by Crippen LogP contribution is -2.42. The van der Waals surface area contributed by atoms with E-state index in [1.165, 1.54) is 0 Å². The maximum absolute atomic E-state index is 10.4. The van der Waals surface area contributed by atoms with Gasteiger partial charge in [0.2, 0.25) is 0 Å². The van der Waals surface area contributed by atoms with Gasteiger partial charge >= 0.3 is 14.2 Å². The van der Waals surface area contributed by atoms with Crippen molar-refractivity contribution in [2.24, 2.45) is 0 Å². The smallest absolute Gasteiger partial charge is 0.423 e. The monoisotopic (exact) mass is 378 g/mol. The van der Waals surface area contributed by atoms with Crippen molar-refractivity contribution < 1.29 is 24.8 Å². The van der Waals surface area contributed by atoms with E-state index in [1.54, 1.807) is 0 Å². The molecule has 1 aromatic carbocycles. The van der Waals surface area contributed by atoms with Crippen molar-refractivity contribution >= 4 is 25.2 Å². The van der Waals surface area contributed by atoms with Crippen LogP contribution in [0.25, 0.3) is 0 Å². The van der Waals surface area contributed by atoms with Crippen molar-refractivity contribution in [2.45, 2.75) is 78.1 Å². The minimum absolute atomic E-state index is 0.0622.